The second kappa shape index (κ2) is 10.8. The number of ether oxygens (including phenoxy) is 1. The van der Waals surface area contributed by atoms with Crippen molar-refractivity contribution in [1.82, 2.24) is 4.90 Å². The van der Waals surface area contributed by atoms with Crippen molar-refractivity contribution in [2.24, 2.45) is 0 Å². The fourth-order valence-corrected chi connectivity index (χ4v) is 6.43. The monoisotopic (exact) mass is 535 g/mol. The zero-order valence-corrected chi connectivity index (χ0v) is 21.6. The lowest BCUT2D eigenvalue weighted by atomic mass is 9.93. The highest BCUT2D eigenvalue weighted by Gasteiger charge is 2.37. The van der Waals surface area contributed by atoms with E-state index in [-0.39, 0.29) is 29.8 Å². The number of rotatable bonds is 7. The molecular formula is C28H29N3O6S. The summed E-state index contributed by atoms with van der Waals surface area (Å²) in [7, 11) is -3.92. The van der Waals surface area contributed by atoms with Gasteiger partial charge in [0.25, 0.3) is 10.0 Å². The molecule has 9 nitrogen and oxygen atoms in total. The fraction of sp³-hybridized carbons (Fsp3) is 0.286. The maximum atomic E-state index is 13.7. The molecule has 38 heavy (non-hydrogen) atoms. The number of nitrogens with one attached hydrogen (secondary N) is 1. The van der Waals surface area contributed by atoms with Crippen molar-refractivity contribution in [2.75, 3.05) is 42.5 Å². The molecule has 0 aromatic heterocycles. The van der Waals surface area contributed by atoms with E-state index in [1.165, 1.54) is 16.4 Å². The lowest BCUT2D eigenvalue weighted by molar-refractivity contribution is -0.137. The van der Waals surface area contributed by atoms with Gasteiger partial charge in [-0.25, -0.2) is 13.2 Å². The molecule has 2 N–H and O–H groups in total. The Labute approximate surface area is 221 Å². The maximum absolute atomic E-state index is 13.7. The van der Waals surface area contributed by atoms with Gasteiger partial charge < -0.3 is 20.1 Å². The van der Waals surface area contributed by atoms with Crippen molar-refractivity contribution in [3.63, 3.8) is 0 Å². The smallest absolute Gasteiger partial charge is 0.321 e. The second-order valence-corrected chi connectivity index (χ2v) is 11.2. The van der Waals surface area contributed by atoms with Crippen LogP contribution in [0.25, 0.3) is 11.1 Å². The number of aliphatic carboxylic acids is 1. The highest BCUT2D eigenvalue weighted by molar-refractivity contribution is 7.92. The Kier molecular flexibility index (Phi) is 7.35. The first-order chi connectivity index (χ1) is 18.3. The number of sulfonamides is 1. The standard InChI is InChI=1S/C28H29N3O6S/c32-27(33)13-7-22-19-31(26-12-6-21(18-25(22)26)20-4-2-1-3-5-20)38(35,36)24-10-8-23(9-11-24)29-28(34)30-14-16-37-17-15-30/h1-6,8-12,18,22H,7,13-17,19H2,(H,29,34)(H,32,33). The first-order valence-corrected chi connectivity index (χ1v) is 13.9. The second-order valence-electron chi connectivity index (χ2n) is 9.36. The van der Waals surface area contributed by atoms with E-state index in [1.807, 2.05) is 42.5 Å². The molecule has 1 atom stereocenters. The summed E-state index contributed by atoms with van der Waals surface area (Å²) in [5.74, 6) is -1.16. The summed E-state index contributed by atoms with van der Waals surface area (Å²) in [6, 6.07) is 21.3. The number of hydrogen-bond acceptors (Lipinski definition) is 5. The van der Waals surface area contributed by atoms with E-state index in [9.17, 15) is 23.1 Å². The number of benzene rings is 3. The van der Waals surface area contributed by atoms with E-state index in [0.717, 1.165) is 16.7 Å². The molecule has 0 spiro atoms. The Morgan fingerprint density at radius 1 is 0.947 bits per heavy atom. The topological polar surface area (TPSA) is 116 Å². The molecule has 3 aromatic carbocycles. The average molecular weight is 536 g/mol. The SMILES string of the molecule is O=C(O)CCC1CN(S(=O)(=O)c2ccc(NC(=O)N3CCOCC3)cc2)c2ccc(-c3ccccc3)cc21. The molecule has 10 heteroatoms. The summed E-state index contributed by atoms with van der Waals surface area (Å²) in [6.07, 6.45) is 0.282. The molecule has 2 aliphatic heterocycles. The van der Waals surface area contributed by atoms with E-state index in [2.05, 4.69) is 5.32 Å². The Bertz CT molecular complexity index is 1420. The molecule has 1 saturated heterocycles. The van der Waals surface area contributed by atoms with Gasteiger partial charge in [0.1, 0.15) is 0 Å². The predicted molar refractivity (Wildman–Crippen MR) is 144 cm³/mol. The van der Waals surface area contributed by atoms with Crippen molar-refractivity contribution in [3.05, 3.63) is 78.4 Å². The van der Waals surface area contributed by atoms with Crippen LogP contribution in [0.1, 0.15) is 24.3 Å². The van der Waals surface area contributed by atoms with E-state index in [4.69, 9.17) is 4.74 Å². The van der Waals surface area contributed by atoms with Crippen LogP contribution in [0.5, 0.6) is 0 Å². The number of fused-ring (bicyclic) bond motifs is 1. The van der Waals surface area contributed by atoms with Crippen molar-refractivity contribution >= 4 is 33.4 Å². The van der Waals surface area contributed by atoms with Gasteiger partial charge in [-0.15, -0.1) is 0 Å². The summed E-state index contributed by atoms with van der Waals surface area (Å²) in [4.78, 5) is 25.5. The Hall–Kier alpha value is -3.89. The van der Waals surface area contributed by atoms with Gasteiger partial charge in [0.05, 0.1) is 23.8 Å². The molecular weight excluding hydrogens is 506 g/mol. The van der Waals surface area contributed by atoms with Crippen molar-refractivity contribution in [1.29, 1.82) is 0 Å². The number of urea groups is 1. The van der Waals surface area contributed by atoms with Crippen LogP contribution in [-0.4, -0.2) is 63.3 Å². The third-order valence-corrected chi connectivity index (χ3v) is 8.72. The molecule has 2 amide bonds. The van der Waals surface area contributed by atoms with Crippen molar-refractivity contribution < 1.29 is 27.9 Å². The number of nitrogens with zero attached hydrogens (tertiary/aromatic N) is 2. The number of anilines is 2. The third-order valence-electron chi connectivity index (χ3n) is 6.93. The maximum Gasteiger partial charge on any atom is 0.321 e. The summed E-state index contributed by atoms with van der Waals surface area (Å²) in [6.45, 7) is 2.15. The average Bonchev–Trinajstić information content (AvgIpc) is 3.32. The van der Waals surface area contributed by atoms with E-state index in [0.29, 0.717) is 44.1 Å². The van der Waals surface area contributed by atoms with Gasteiger partial charge >= 0.3 is 12.0 Å². The van der Waals surface area contributed by atoms with Crippen molar-refractivity contribution in [3.8, 4) is 11.1 Å². The van der Waals surface area contributed by atoms with E-state index >= 15 is 0 Å². The summed E-state index contributed by atoms with van der Waals surface area (Å²) < 4.78 is 34.1. The Balaban J connectivity index is 1.40. The number of amides is 2. The van der Waals surface area contributed by atoms with Gasteiger partial charge in [-0.05, 0) is 59.5 Å². The highest BCUT2D eigenvalue weighted by atomic mass is 32.2. The van der Waals surface area contributed by atoms with Crippen LogP contribution in [-0.2, 0) is 19.6 Å². The van der Waals surface area contributed by atoms with Gasteiger partial charge in [0.15, 0.2) is 0 Å². The minimum absolute atomic E-state index is 0.0505. The number of hydrogen-bond donors (Lipinski definition) is 2. The number of carbonyl (C=O) groups excluding carboxylic acids is 1. The van der Waals surface area contributed by atoms with Crippen LogP contribution in [0.3, 0.4) is 0 Å². The fourth-order valence-electron chi connectivity index (χ4n) is 4.89. The van der Waals surface area contributed by atoms with Gasteiger partial charge in [-0.1, -0.05) is 36.4 Å². The highest BCUT2D eigenvalue weighted by Crippen LogP contribution is 2.43. The van der Waals surface area contributed by atoms with Gasteiger partial charge in [0.2, 0.25) is 0 Å². The minimum Gasteiger partial charge on any atom is -0.481 e. The van der Waals surface area contributed by atoms with Crippen LogP contribution in [0.15, 0.2) is 77.7 Å². The van der Waals surface area contributed by atoms with E-state index in [1.54, 1.807) is 23.1 Å². The third kappa shape index (κ3) is 5.36. The first kappa shape index (κ1) is 25.7. The molecule has 0 aliphatic carbocycles. The summed E-state index contributed by atoms with van der Waals surface area (Å²) >= 11 is 0. The molecule has 2 heterocycles. The number of carbonyl (C=O) groups is 2. The summed E-state index contributed by atoms with van der Waals surface area (Å²) in [5.41, 5.74) is 3.83. The lowest BCUT2D eigenvalue weighted by Gasteiger charge is -2.27. The van der Waals surface area contributed by atoms with Gasteiger partial charge in [-0.3, -0.25) is 9.10 Å². The summed E-state index contributed by atoms with van der Waals surface area (Å²) in [5, 5.41) is 12.1. The molecule has 0 saturated carbocycles. The van der Waals surface area contributed by atoms with Crippen LogP contribution in [0.2, 0.25) is 0 Å². The zero-order chi connectivity index (χ0) is 26.7. The number of carboxylic acid groups (broad SMARTS) is 1. The normalized spacial score (nSPS) is 17.2. The van der Waals surface area contributed by atoms with E-state index < -0.39 is 16.0 Å². The van der Waals surface area contributed by atoms with Crippen LogP contribution in [0, 0.1) is 0 Å². The van der Waals surface area contributed by atoms with Crippen LogP contribution in [0.4, 0.5) is 16.2 Å². The lowest BCUT2D eigenvalue weighted by Crippen LogP contribution is -2.43. The molecule has 5 rings (SSSR count). The molecule has 3 aromatic rings. The van der Waals surface area contributed by atoms with Gasteiger partial charge in [0, 0.05) is 37.7 Å². The molecule has 2 aliphatic rings. The van der Waals surface area contributed by atoms with Crippen molar-refractivity contribution in [2.45, 2.75) is 23.7 Å². The number of morpholine rings is 1. The minimum atomic E-state index is -3.92. The first-order valence-electron chi connectivity index (χ1n) is 12.5. The zero-order valence-electron chi connectivity index (χ0n) is 20.7. The number of carboxylic acids is 1. The molecule has 1 unspecified atom stereocenters. The molecule has 0 radical (unpaired) electrons. The molecule has 1 fully saturated rings. The largest absolute Gasteiger partial charge is 0.481 e. The molecule has 198 valence electrons. The predicted octanol–water partition coefficient (Wildman–Crippen LogP) is 4.38. The Morgan fingerprint density at radius 2 is 1.66 bits per heavy atom. The molecule has 0 bridgehead atoms. The van der Waals surface area contributed by atoms with Crippen LogP contribution >= 0.6 is 0 Å². The van der Waals surface area contributed by atoms with Crippen LogP contribution < -0.4 is 9.62 Å². The quantitative estimate of drug-likeness (QED) is 0.464. The Morgan fingerprint density at radius 3 is 2.34 bits per heavy atom. The van der Waals surface area contributed by atoms with Gasteiger partial charge in [-0.2, -0.15) is 0 Å².